The van der Waals surface area contributed by atoms with Gasteiger partial charge in [0, 0.05) is 23.1 Å². The molecule has 0 aliphatic carbocycles. The smallest absolute Gasteiger partial charge is 0.218 e. The third-order valence-electron chi connectivity index (χ3n) is 3.25. The summed E-state index contributed by atoms with van der Waals surface area (Å²) in [6.07, 6.45) is 0.825. The summed E-state index contributed by atoms with van der Waals surface area (Å²) in [6.45, 7) is 1.57. The molecule has 1 fully saturated rings. The van der Waals surface area contributed by atoms with Crippen molar-refractivity contribution in [2.75, 3.05) is 19.6 Å². The van der Waals surface area contributed by atoms with Crippen molar-refractivity contribution in [2.24, 2.45) is 11.7 Å². The van der Waals surface area contributed by atoms with Crippen LogP contribution in [-0.4, -0.2) is 32.4 Å². The first-order chi connectivity index (χ1) is 8.90. The van der Waals surface area contributed by atoms with Crippen molar-refractivity contribution in [1.82, 2.24) is 4.31 Å². The van der Waals surface area contributed by atoms with E-state index in [9.17, 15) is 8.42 Å². The molecule has 0 spiro atoms. The van der Waals surface area contributed by atoms with Crippen molar-refractivity contribution in [3.05, 3.63) is 33.8 Å². The third kappa shape index (κ3) is 3.83. The maximum Gasteiger partial charge on any atom is 0.218 e. The number of rotatable bonds is 4. The van der Waals surface area contributed by atoms with Crippen LogP contribution in [-0.2, 0) is 15.8 Å². The van der Waals surface area contributed by atoms with Crippen molar-refractivity contribution in [3.63, 3.8) is 0 Å². The summed E-state index contributed by atoms with van der Waals surface area (Å²) < 4.78 is 26.1. The quantitative estimate of drug-likeness (QED) is 0.923. The summed E-state index contributed by atoms with van der Waals surface area (Å²) in [7, 11) is -3.33. The normalized spacial score (nSPS) is 20.9. The fourth-order valence-corrected chi connectivity index (χ4v) is 4.40. The van der Waals surface area contributed by atoms with E-state index >= 15 is 0 Å². The van der Waals surface area contributed by atoms with E-state index in [2.05, 4.69) is 0 Å². The lowest BCUT2D eigenvalue weighted by Crippen LogP contribution is -2.31. The fraction of sp³-hybridized carbons (Fsp3) is 0.500. The third-order valence-corrected chi connectivity index (χ3v) is 5.50. The number of benzene rings is 1. The van der Waals surface area contributed by atoms with Crippen LogP contribution in [0.4, 0.5) is 0 Å². The topological polar surface area (TPSA) is 63.4 Å². The number of halogens is 2. The summed E-state index contributed by atoms with van der Waals surface area (Å²) in [4.78, 5) is 0. The van der Waals surface area contributed by atoms with Gasteiger partial charge in [0.05, 0.1) is 5.75 Å². The Bertz CT molecular complexity index is 543. The number of nitrogens with zero attached hydrogens (tertiary/aromatic N) is 1. The number of nitrogens with two attached hydrogens (primary N) is 1. The highest BCUT2D eigenvalue weighted by Crippen LogP contribution is 2.24. The average molecular weight is 323 g/mol. The second kappa shape index (κ2) is 5.97. The molecule has 7 heteroatoms. The van der Waals surface area contributed by atoms with Crippen LogP contribution < -0.4 is 5.73 Å². The Balaban J connectivity index is 2.13. The van der Waals surface area contributed by atoms with Crippen LogP contribution >= 0.6 is 23.2 Å². The summed E-state index contributed by atoms with van der Waals surface area (Å²) >= 11 is 11.7. The molecule has 106 valence electrons. The molecule has 0 radical (unpaired) electrons. The molecule has 1 atom stereocenters. The minimum atomic E-state index is -3.33. The van der Waals surface area contributed by atoms with E-state index in [0.29, 0.717) is 35.2 Å². The molecule has 1 aromatic carbocycles. The van der Waals surface area contributed by atoms with Crippen molar-refractivity contribution >= 4 is 33.2 Å². The highest BCUT2D eigenvalue weighted by atomic mass is 35.5. The van der Waals surface area contributed by atoms with Gasteiger partial charge in [-0.3, -0.25) is 0 Å². The molecule has 4 nitrogen and oxygen atoms in total. The number of sulfonamides is 1. The summed E-state index contributed by atoms with van der Waals surface area (Å²) in [5.74, 6) is 0.183. The molecule has 0 aromatic heterocycles. The van der Waals surface area contributed by atoms with Gasteiger partial charge in [0.25, 0.3) is 0 Å². The lowest BCUT2D eigenvalue weighted by atomic mass is 10.1. The van der Waals surface area contributed by atoms with Gasteiger partial charge in [-0.2, -0.15) is 0 Å². The fourth-order valence-electron chi connectivity index (χ4n) is 2.24. The lowest BCUT2D eigenvalue weighted by Gasteiger charge is -2.16. The standard InChI is InChI=1S/C12H16Cl2N2O2S/c13-11-3-10(4-12(14)5-11)8-19(17,18)16-2-1-9(6-15)7-16/h3-5,9H,1-2,6-8,15H2. The molecule has 19 heavy (non-hydrogen) atoms. The Morgan fingerprint density at radius 3 is 2.42 bits per heavy atom. The summed E-state index contributed by atoms with van der Waals surface area (Å²) in [5.41, 5.74) is 6.18. The second-order valence-electron chi connectivity index (χ2n) is 4.78. The van der Waals surface area contributed by atoms with Crippen LogP contribution in [0.5, 0.6) is 0 Å². The van der Waals surface area contributed by atoms with E-state index in [-0.39, 0.29) is 11.7 Å². The van der Waals surface area contributed by atoms with Crippen LogP contribution in [0, 0.1) is 5.92 Å². The van der Waals surface area contributed by atoms with Crippen LogP contribution in [0.25, 0.3) is 0 Å². The van der Waals surface area contributed by atoms with E-state index in [1.807, 2.05) is 0 Å². The van der Waals surface area contributed by atoms with E-state index in [1.165, 1.54) is 4.31 Å². The zero-order chi connectivity index (χ0) is 14.0. The Morgan fingerprint density at radius 1 is 1.26 bits per heavy atom. The zero-order valence-corrected chi connectivity index (χ0v) is 12.7. The molecule has 1 aromatic rings. The first-order valence-electron chi connectivity index (χ1n) is 6.03. The zero-order valence-electron chi connectivity index (χ0n) is 10.4. The van der Waals surface area contributed by atoms with Crippen molar-refractivity contribution in [1.29, 1.82) is 0 Å². The minimum absolute atomic E-state index is 0.0788. The summed E-state index contributed by atoms with van der Waals surface area (Å²) in [6, 6.07) is 4.84. The van der Waals surface area contributed by atoms with Crippen LogP contribution in [0.15, 0.2) is 18.2 Å². The minimum Gasteiger partial charge on any atom is -0.330 e. The molecule has 1 aliphatic rings. The van der Waals surface area contributed by atoms with Crippen molar-refractivity contribution in [2.45, 2.75) is 12.2 Å². The van der Waals surface area contributed by atoms with Gasteiger partial charge in [0.15, 0.2) is 0 Å². The highest BCUT2D eigenvalue weighted by Gasteiger charge is 2.30. The van der Waals surface area contributed by atoms with E-state index in [1.54, 1.807) is 18.2 Å². The molecule has 1 heterocycles. The Kier molecular flexibility index (Phi) is 4.74. The predicted octanol–water partition coefficient (Wildman–Crippen LogP) is 2.10. The second-order valence-corrected chi connectivity index (χ2v) is 7.62. The first kappa shape index (κ1) is 15.1. The molecule has 0 saturated carbocycles. The molecular formula is C12H16Cl2N2O2S. The van der Waals surface area contributed by atoms with Crippen LogP contribution in [0.1, 0.15) is 12.0 Å². The van der Waals surface area contributed by atoms with Gasteiger partial charge in [-0.25, -0.2) is 12.7 Å². The Morgan fingerprint density at radius 2 is 1.89 bits per heavy atom. The van der Waals surface area contributed by atoms with Gasteiger partial charge in [-0.05, 0) is 42.6 Å². The monoisotopic (exact) mass is 322 g/mol. The Labute approximate surface area is 123 Å². The van der Waals surface area contributed by atoms with Crippen LogP contribution in [0.2, 0.25) is 10.0 Å². The molecule has 2 N–H and O–H groups in total. The first-order valence-corrected chi connectivity index (χ1v) is 8.40. The van der Waals surface area contributed by atoms with Gasteiger partial charge < -0.3 is 5.73 Å². The van der Waals surface area contributed by atoms with Crippen LogP contribution in [0.3, 0.4) is 0 Å². The average Bonchev–Trinajstić information content (AvgIpc) is 2.75. The largest absolute Gasteiger partial charge is 0.330 e. The van der Waals surface area contributed by atoms with E-state index in [0.717, 1.165) is 6.42 Å². The molecule has 0 amide bonds. The number of hydrogen-bond donors (Lipinski definition) is 1. The lowest BCUT2D eigenvalue weighted by molar-refractivity contribution is 0.458. The molecule has 2 rings (SSSR count). The van der Waals surface area contributed by atoms with Gasteiger partial charge >= 0.3 is 0 Å². The molecular weight excluding hydrogens is 307 g/mol. The van der Waals surface area contributed by atoms with E-state index in [4.69, 9.17) is 28.9 Å². The van der Waals surface area contributed by atoms with Gasteiger partial charge in [0.1, 0.15) is 0 Å². The maximum atomic E-state index is 12.3. The molecule has 1 aliphatic heterocycles. The van der Waals surface area contributed by atoms with Gasteiger partial charge in [0.2, 0.25) is 10.0 Å². The highest BCUT2D eigenvalue weighted by molar-refractivity contribution is 7.88. The molecule has 1 unspecified atom stereocenters. The van der Waals surface area contributed by atoms with Crippen molar-refractivity contribution < 1.29 is 8.42 Å². The molecule has 1 saturated heterocycles. The number of hydrogen-bond acceptors (Lipinski definition) is 3. The van der Waals surface area contributed by atoms with Gasteiger partial charge in [-0.1, -0.05) is 23.2 Å². The predicted molar refractivity (Wildman–Crippen MR) is 77.8 cm³/mol. The Hall–Kier alpha value is -0.330. The van der Waals surface area contributed by atoms with E-state index < -0.39 is 10.0 Å². The van der Waals surface area contributed by atoms with Gasteiger partial charge in [-0.15, -0.1) is 0 Å². The maximum absolute atomic E-state index is 12.3. The van der Waals surface area contributed by atoms with Crippen molar-refractivity contribution in [3.8, 4) is 0 Å². The summed E-state index contributed by atoms with van der Waals surface area (Å²) in [5, 5.41) is 0.887. The SMILES string of the molecule is NCC1CCN(S(=O)(=O)Cc2cc(Cl)cc(Cl)c2)C1. The molecule has 0 bridgehead atoms.